The zero-order chi connectivity index (χ0) is 18.1. The molecular weight excluding hydrogens is 330 g/mol. The van der Waals surface area contributed by atoms with Gasteiger partial charge < -0.3 is 14.7 Å². The number of aliphatic hydroxyl groups excluding tert-OH is 1. The van der Waals surface area contributed by atoms with Gasteiger partial charge in [0.1, 0.15) is 5.75 Å². The van der Waals surface area contributed by atoms with Gasteiger partial charge in [-0.25, -0.2) is 0 Å². The molecule has 3 heterocycles. The molecule has 0 saturated heterocycles. The van der Waals surface area contributed by atoms with Gasteiger partial charge in [0, 0.05) is 30.0 Å². The molecule has 1 N–H and O–H groups in total. The summed E-state index contributed by atoms with van der Waals surface area (Å²) in [5.74, 6) is 0.559. The van der Waals surface area contributed by atoms with Crippen molar-refractivity contribution in [3.63, 3.8) is 0 Å². The third kappa shape index (κ3) is 2.78. The number of hydrogen-bond donors (Lipinski definition) is 1. The molecule has 4 rings (SSSR count). The summed E-state index contributed by atoms with van der Waals surface area (Å²) in [5.41, 5.74) is 3.09. The van der Waals surface area contributed by atoms with Gasteiger partial charge in [0.15, 0.2) is 0 Å². The number of aryl methyl sites for hydroxylation is 1. The fraction of sp³-hybridized carbons (Fsp3) is 0.250. The molecule has 0 aliphatic carbocycles. The van der Waals surface area contributed by atoms with Crippen LogP contribution in [-0.4, -0.2) is 40.7 Å². The van der Waals surface area contributed by atoms with Crippen molar-refractivity contribution in [3.8, 4) is 5.75 Å². The van der Waals surface area contributed by atoms with Gasteiger partial charge in [-0.3, -0.25) is 14.8 Å². The van der Waals surface area contributed by atoms with Crippen LogP contribution in [0.2, 0.25) is 0 Å². The first-order chi connectivity index (χ1) is 12.7. The van der Waals surface area contributed by atoms with Crippen LogP contribution >= 0.6 is 0 Å². The Bertz CT molecular complexity index is 973. The second-order valence-electron chi connectivity index (χ2n) is 6.34. The van der Waals surface area contributed by atoms with E-state index in [2.05, 4.69) is 9.97 Å². The Kier molecular flexibility index (Phi) is 4.26. The molecule has 1 unspecified atom stereocenters. The highest BCUT2D eigenvalue weighted by Gasteiger charge is 2.31. The van der Waals surface area contributed by atoms with E-state index in [0.29, 0.717) is 12.0 Å². The zero-order valence-corrected chi connectivity index (χ0v) is 14.4. The predicted molar refractivity (Wildman–Crippen MR) is 98.5 cm³/mol. The summed E-state index contributed by atoms with van der Waals surface area (Å²) in [4.78, 5) is 23.5. The van der Waals surface area contributed by atoms with Crippen LogP contribution < -0.4 is 9.64 Å². The van der Waals surface area contributed by atoms with Gasteiger partial charge in [0.25, 0.3) is 5.91 Å². The van der Waals surface area contributed by atoms with E-state index in [1.54, 1.807) is 30.6 Å². The van der Waals surface area contributed by atoms with Crippen molar-refractivity contribution in [2.24, 2.45) is 0 Å². The maximum Gasteiger partial charge on any atom is 0.260 e. The smallest absolute Gasteiger partial charge is 0.260 e. The third-order valence-electron chi connectivity index (χ3n) is 4.82. The topological polar surface area (TPSA) is 75.5 Å². The van der Waals surface area contributed by atoms with Gasteiger partial charge in [-0.05, 0) is 42.7 Å². The Morgan fingerprint density at radius 2 is 2.19 bits per heavy atom. The normalized spacial score (nSPS) is 16.4. The van der Waals surface area contributed by atoms with Crippen LogP contribution in [0.25, 0.3) is 10.9 Å². The minimum absolute atomic E-state index is 0.0777. The molecule has 1 aliphatic rings. The third-order valence-corrected chi connectivity index (χ3v) is 4.82. The standard InChI is InChI=1S/C20H19N3O3/c1-26-17-5-3-13-8-15(11-22-18(13)9-17)20(25)23-16(12-24)4-2-14-10-21-7-6-19(14)23/h3,5-11,16,24H,2,4,12H2,1H3. The number of anilines is 1. The minimum Gasteiger partial charge on any atom is -0.497 e. The number of benzene rings is 1. The van der Waals surface area contributed by atoms with Gasteiger partial charge in [0.2, 0.25) is 0 Å². The van der Waals surface area contributed by atoms with E-state index in [1.165, 1.54) is 0 Å². The molecule has 0 bridgehead atoms. The maximum atomic E-state index is 13.2. The monoisotopic (exact) mass is 349 g/mol. The first-order valence-corrected chi connectivity index (χ1v) is 8.52. The maximum absolute atomic E-state index is 13.2. The first-order valence-electron chi connectivity index (χ1n) is 8.52. The summed E-state index contributed by atoms with van der Waals surface area (Å²) in [6.45, 7) is -0.0777. The SMILES string of the molecule is COc1ccc2cc(C(=O)N3c4ccncc4CCC3CO)cnc2c1. The Morgan fingerprint density at radius 1 is 1.31 bits per heavy atom. The highest BCUT2D eigenvalue weighted by Crippen LogP contribution is 2.31. The lowest BCUT2D eigenvalue weighted by Crippen LogP contribution is -2.46. The molecule has 1 atom stereocenters. The number of fused-ring (bicyclic) bond motifs is 2. The second-order valence-corrected chi connectivity index (χ2v) is 6.34. The number of ether oxygens (including phenoxy) is 1. The van der Waals surface area contributed by atoms with Crippen molar-refractivity contribution < 1.29 is 14.6 Å². The van der Waals surface area contributed by atoms with Gasteiger partial charge in [-0.15, -0.1) is 0 Å². The molecule has 2 aromatic heterocycles. The summed E-state index contributed by atoms with van der Waals surface area (Å²) in [7, 11) is 1.61. The van der Waals surface area contributed by atoms with Crippen LogP contribution in [0.15, 0.2) is 48.9 Å². The van der Waals surface area contributed by atoms with E-state index in [4.69, 9.17) is 4.74 Å². The lowest BCUT2D eigenvalue weighted by molar-refractivity contribution is 0.0958. The van der Waals surface area contributed by atoms with Crippen molar-refractivity contribution >= 4 is 22.5 Å². The van der Waals surface area contributed by atoms with E-state index in [-0.39, 0.29) is 18.6 Å². The Morgan fingerprint density at radius 3 is 3.00 bits per heavy atom. The average molecular weight is 349 g/mol. The number of carbonyl (C=O) groups excluding carboxylic acids is 1. The zero-order valence-electron chi connectivity index (χ0n) is 14.4. The largest absolute Gasteiger partial charge is 0.497 e. The highest BCUT2D eigenvalue weighted by atomic mass is 16.5. The van der Waals surface area contributed by atoms with Crippen molar-refractivity contribution in [1.29, 1.82) is 0 Å². The molecular formula is C20H19N3O3. The molecule has 1 amide bonds. The predicted octanol–water partition coefficient (Wildman–Crippen LogP) is 2.59. The number of nitrogens with zero attached hydrogens (tertiary/aromatic N) is 3. The van der Waals surface area contributed by atoms with Crippen LogP contribution in [0.1, 0.15) is 22.3 Å². The molecule has 26 heavy (non-hydrogen) atoms. The van der Waals surface area contributed by atoms with Gasteiger partial charge in [-0.2, -0.15) is 0 Å². The number of aliphatic hydroxyl groups is 1. The number of aromatic nitrogens is 2. The molecule has 1 aliphatic heterocycles. The fourth-order valence-electron chi connectivity index (χ4n) is 3.43. The Hall–Kier alpha value is -2.99. The van der Waals surface area contributed by atoms with Gasteiger partial charge in [0.05, 0.1) is 36.5 Å². The Labute approximate surface area is 151 Å². The molecule has 0 radical (unpaired) electrons. The van der Waals surface area contributed by atoms with E-state index in [9.17, 15) is 9.90 Å². The number of carbonyl (C=O) groups is 1. The minimum atomic E-state index is -0.246. The van der Waals surface area contributed by atoms with Gasteiger partial charge >= 0.3 is 0 Å². The average Bonchev–Trinajstić information content (AvgIpc) is 2.71. The van der Waals surface area contributed by atoms with Crippen LogP contribution in [0.5, 0.6) is 5.75 Å². The molecule has 0 saturated carbocycles. The summed E-state index contributed by atoms with van der Waals surface area (Å²) in [6.07, 6.45) is 6.54. The molecule has 132 valence electrons. The Balaban J connectivity index is 1.75. The first kappa shape index (κ1) is 16.5. The highest BCUT2D eigenvalue weighted by molar-refractivity contribution is 6.08. The number of rotatable bonds is 3. The van der Waals surface area contributed by atoms with Gasteiger partial charge in [-0.1, -0.05) is 0 Å². The number of pyridine rings is 2. The van der Waals surface area contributed by atoms with Crippen molar-refractivity contribution in [2.75, 3.05) is 18.6 Å². The summed E-state index contributed by atoms with van der Waals surface area (Å²) in [6, 6.07) is 8.97. The van der Waals surface area contributed by atoms with Crippen molar-refractivity contribution in [2.45, 2.75) is 18.9 Å². The molecule has 6 heteroatoms. The second kappa shape index (κ2) is 6.72. The number of amides is 1. The molecule has 0 fully saturated rings. The lowest BCUT2D eigenvalue weighted by atomic mass is 9.96. The summed E-state index contributed by atoms with van der Waals surface area (Å²) in [5, 5.41) is 10.6. The van der Waals surface area contributed by atoms with E-state index >= 15 is 0 Å². The van der Waals surface area contributed by atoms with Crippen LogP contribution in [0.4, 0.5) is 5.69 Å². The van der Waals surface area contributed by atoms with Crippen LogP contribution in [0, 0.1) is 0 Å². The van der Waals surface area contributed by atoms with Crippen molar-refractivity contribution in [1.82, 2.24) is 9.97 Å². The van der Waals surface area contributed by atoms with Crippen LogP contribution in [-0.2, 0) is 6.42 Å². The van der Waals surface area contributed by atoms with Crippen molar-refractivity contribution in [3.05, 3.63) is 60.0 Å². The molecule has 3 aromatic rings. The number of methoxy groups -OCH3 is 1. The van der Waals surface area contributed by atoms with E-state index in [0.717, 1.165) is 34.3 Å². The summed E-state index contributed by atoms with van der Waals surface area (Å²) >= 11 is 0. The van der Waals surface area contributed by atoms with Crippen LogP contribution in [0.3, 0.4) is 0 Å². The quantitative estimate of drug-likeness (QED) is 0.787. The molecule has 6 nitrogen and oxygen atoms in total. The van der Waals surface area contributed by atoms with E-state index < -0.39 is 0 Å². The lowest BCUT2D eigenvalue weighted by Gasteiger charge is -2.36. The molecule has 1 aromatic carbocycles. The van der Waals surface area contributed by atoms with E-state index in [1.807, 2.05) is 30.3 Å². The number of hydrogen-bond acceptors (Lipinski definition) is 5. The fourth-order valence-corrected chi connectivity index (χ4v) is 3.43. The molecule has 0 spiro atoms. The summed E-state index contributed by atoms with van der Waals surface area (Å²) < 4.78 is 5.21.